The van der Waals surface area contributed by atoms with Gasteiger partial charge in [0.25, 0.3) is 5.91 Å². The number of fused-ring (bicyclic) bond motifs is 1. The van der Waals surface area contributed by atoms with Gasteiger partial charge < -0.3 is 15.0 Å². The monoisotopic (exact) mass is 466 g/mol. The predicted molar refractivity (Wildman–Crippen MR) is 126 cm³/mol. The van der Waals surface area contributed by atoms with E-state index >= 15 is 0 Å². The van der Waals surface area contributed by atoms with Gasteiger partial charge in [-0.3, -0.25) is 14.4 Å². The van der Waals surface area contributed by atoms with Gasteiger partial charge in [0.2, 0.25) is 5.91 Å². The molecule has 1 aromatic carbocycles. The minimum absolute atomic E-state index is 0. The molecule has 0 unspecified atom stereocenters. The molecule has 0 radical (unpaired) electrons. The standard InChI is InChI=1S/C21H22N2O4S.2H2S/c24-17-12-27-18-7-4-9-23(19(17)18)21(26)16(11-14-5-2-1-3-6-14)22-20(25)15-8-10-28-13-15;;/h1-3,5-6,8,10,13,16,18-19H,4,7,9,11-12H2,(H,22,25);2*1H2/t16-,18+,19+;;/m0../s1. The molecule has 1 aromatic heterocycles. The van der Waals surface area contributed by atoms with Gasteiger partial charge in [-0.15, -0.1) is 0 Å². The summed E-state index contributed by atoms with van der Waals surface area (Å²) in [5.74, 6) is -0.556. The highest BCUT2D eigenvalue weighted by Gasteiger charge is 2.45. The molecule has 9 heteroatoms. The van der Waals surface area contributed by atoms with Gasteiger partial charge in [0.05, 0.1) is 11.7 Å². The van der Waals surface area contributed by atoms with Crippen molar-refractivity contribution < 1.29 is 19.1 Å². The van der Waals surface area contributed by atoms with Crippen LogP contribution in [0.25, 0.3) is 0 Å². The maximum Gasteiger partial charge on any atom is 0.252 e. The summed E-state index contributed by atoms with van der Waals surface area (Å²) in [7, 11) is 0. The first kappa shape index (κ1) is 24.5. The van der Waals surface area contributed by atoms with Crippen LogP contribution in [0, 0.1) is 0 Å². The van der Waals surface area contributed by atoms with Gasteiger partial charge in [0.15, 0.2) is 5.78 Å². The van der Waals surface area contributed by atoms with Crippen molar-refractivity contribution in [2.75, 3.05) is 13.2 Å². The van der Waals surface area contributed by atoms with E-state index in [0.717, 1.165) is 18.4 Å². The van der Waals surface area contributed by atoms with Crippen molar-refractivity contribution in [2.45, 2.75) is 37.5 Å². The van der Waals surface area contributed by atoms with Gasteiger partial charge in [0.1, 0.15) is 18.7 Å². The van der Waals surface area contributed by atoms with E-state index in [1.54, 1.807) is 16.3 Å². The van der Waals surface area contributed by atoms with E-state index in [2.05, 4.69) is 5.32 Å². The summed E-state index contributed by atoms with van der Waals surface area (Å²) in [6.07, 6.45) is 1.72. The number of nitrogens with one attached hydrogen (secondary N) is 1. The molecule has 2 amide bonds. The van der Waals surface area contributed by atoms with E-state index < -0.39 is 12.1 Å². The third kappa shape index (κ3) is 5.26. The van der Waals surface area contributed by atoms with Crippen LogP contribution in [-0.4, -0.2) is 53.8 Å². The smallest absolute Gasteiger partial charge is 0.252 e. The Kier molecular flexibility index (Phi) is 8.96. The zero-order valence-corrected chi connectivity index (χ0v) is 19.2. The van der Waals surface area contributed by atoms with Crippen LogP contribution < -0.4 is 5.32 Å². The molecule has 0 bridgehead atoms. The van der Waals surface area contributed by atoms with Crippen molar-refractivity contribution in [3.05, 3.63) is 58.3 Å². The second-order valence-electron chi connectivity index (χ2n) is 7.16. The molecule has 4 rings (SSSR count). The fraction of sp³-hybridized carbons (Fsp3) is 0.381. The summed E-state index contributed by atoms with van der Waals surface area (Å²) in [4.78, 5) is 39.9. The molecule has 2 aliphatic heterocycles. The first-order valence-corrected chi connectivity index (χ1v) is 10.4. The van der Waals surface area contributed by atoms with Crippen LogP contribution in [0.3, 0.4) is 0 Å². The van der Waals surface area contributed by atoms with Crippen LogP contribution in [0.1, 0.15) is 28.8 Å². The van der Waals surface area contributed by atoms with Crippen molar-refractivity contribution in [2.24, 2.45) is 0 Å². The van der Waals surface area contributed by atoms with E-state index in [4.69, 9.17) is 4.74 Å². The van der Waals surface area contributed by atoms with Gasteiger partial charge in [-0.25, -0.2) is 0 Å². The molecule has 162 valence electrons. The van der Waals surface area contributed by atoms with Crippen LogP contribution in [-0.2, 0) is 20.7 Å². The Morgan fingerprint density at radius 3 is 2.67 bits per heavy atom. The number of hydrogen-bond donors (Lipinski definition) is 1. The number of ketones is 1. The van der Waals surface area contributed by atoms with Crippen molar-refractivity contribution in [3.63, 3.8) is 0 Å². The Morgan fingerprint density at radius 1 is 1.20 bits per heavy atom. The lowest BCUT2D eigenvalue weighted by molar-refractivity contribution is -0.142. The fourth-order valence-corrected chi connectivity index (χ4v) is 4.56. The van der Waals surface area contributed by atoms with Crippen LogP contribution in [0.5, 0.6) is 0 Å². The molecule has 3 heterocycles. The molecule has 0 aliphatic carbocycles. The quantitative estimate of drug-likeness (QED) is 0.734. The Balaban J connectivity index is 0.00000160. The lowest BCUT2D eigenvalue weighted by Gasteiger charge is -2.37. The summed E-state index contributed by atoms with van der Waals surface area (Å²) < 4.78 is 5.56. The van der Waals surface area contributed by atoms with E-state index in [9.17, 15) is 14.4 Å². The summed E-state index contributed by atoms with van der Waals surface area (Å²) >= 11 is 1.43. The number of carbonyl (C=O) groups excluding carboxylic acids is 3. The van der Waals surface area contributed by atoms with Gasteiger partial charge in [0, 0.05) is 18.3 Å². The maximum atomic E-state index is 13.4. The topological polar surface area (TPSA) is 75.7 Å². The van der Waals surface area contributed by atoms with Crippen LogP contribution in [0.15, 0.2) is 47.2 Å². The van der Waals surface area contributed by atoms with Crippen LogP contribution in [0.4, 0.5) is 0 Å². The lowest BCUT2D eigenvalue weighted by atomic mass is 9.95. The summed E-state index contributed by atoms with van der Waals surface area (Å²) in [5, 5.41) is 6.46. The number of nitrogens with zero attached hydrogens (tertiary/aromatic N) is 1. The number of rotatable bonds is 5. The number of hydrogen-bond acceptors (Lipinski definition) is 5. The summed E-state index contributed by atoms with van der Waals surface area (Å²) in [6.45, 7) is 0.568. The normalized spacial score (nSPS) is 21.1. The minimum atomic E-state index is -0.734. The number of likely N-dealkylation sites (tertiary alicyclic amines) is 1. The zero-order chi connectivity index (χ0) is 19.5. The zero-order valence-electron chi connectivity index (χ0n) is 16.4. The second kappa shape index (κ2) is 11.0. The molecule has 2 saturated heterocycles. The van der Waals surface area contributed by atoms with Crippen molar-refractivity contribution in [3.8, 4) is 0 Å². The summed E-state index contributed by atoms with van der Waals surface area (Å²) in [5.41, 5.74) is 1.49. The Hall–Kier alpha value is -1.81. The number of thiophene rings is 1. The van der Waals surface area contributed by atoms with E-state index in [-0.39, 0.29) is 57.3 Å². The fourth-order valence-electron chi connectivity index (χ4n) is 3.92. The molecule has 6 nitrogen and oxygen atoms in total. The third-order valence-corrected chi connectivity index (χ3v) is 5.98. The van der Waals surface area contributed by atoms with Crippen LogP contribution in [0.2, 0.25) is 0 Å². The Morgan fingerprint density at radius 2 is 1.97 bits per heavy atom. The molecular weight excluding hydrogens is 440 g/mol. The first-order chi connectivity index (χ1) is 13.6. The number of ether oxygens (including phenoxy) is 1. The average molecular weight is 467 g/mol. The molecule has 3 atom stereocenters. The maximum absolute atomic E-state index is 13.4. The Labute approximate surface area is 193 Å². The Bertz CT molecular complexity index is 860. The second-order valence-corrected chi connectivity index (χ2v) is 7.94. The average Bonchev–Trinajstić information content (AvgIpc) is 3.38. The number of benzene rings is 1. The first-order valence-electron chi connectivity index (χ1n) is 9.45. The highest BCUT2D eigenvalue weighted by molar-refractivity contribution is 7.59. The lowest BCUT2D eigenvalue weighted by Crippen LogP contribution is -2.58. The van der Waals surface area contributed by atoms with E-state index in [1.165, 1.54) is 11.3 Å². The SMILES string of the molecule is O=C(N[C@@H](Cc1ccccc1)C(=O)N1CCC[C@H]2OCC(=O)[C@H]21)c1ccsc1.S.S. The third-order valence-electron chi connectivity index (χ3n) is 5.30. The van der Waals surface area contributed by atoms with Crippen molar-refractivity contribution >= 4 is 55.9 Å². The number of amides is 2. The predicted octanol–water partition coefficient (Wildman–Crippen LogP) is 2.27. The molecule has 0 saturated carbocycles. The van der Waals surface area contributed by atoms with Gasteiger partial charge >= 0.3 is 0 Å². The number of carbonyl (C=O) groups is 3. The molecule has 2 fully saturated rings. The minimum Gasteiger partial charge on any atom is -0.368 e. The van der Waals surface area contributed by atoms with Gasteiger partial charge in [-0.2, -0.15) is 38.3 Å². The molecule has 2 aromatic rings. The van der Waals surface area contributed by atoms with E-state index in [1.807, 2.05) is 35.7 Å². The van der Waals surface area contributed by atoms with Crippen molar-refractivity contribution in [1.82, 2.24) is 10.2 Å². The molecule has 0 spiro atoms. The number of piperidine rings is 1. The number of Topliss-reactive ketones (excluding diaryl/α,β-unsaturated/α-hetero) is 1. The highest BCUT2D eigenvalue weighted by atomic mass is 32.1. The molecular formula is C21H26N2O4S3. The van der Waals surface area contributed by atoms with Gasteiger partial charge in [-0.05, 0) is 29.9 Å². The summed E-state index contributed by atoms with van der Waals surface area (Å²) in [6, 6.07) is 10.0. The molecule has 1 N–H and O–H groups in total. The van der Waals surface area contributed by atoms with Crippen LogP contribution >= 0.6 is 38.3 Å². The van der Waals surface area contributed by atoms with Crippen molar-refractivity contribution in [1.29, 1.82) is 0 Å². The molecule has 2 aliphatic rings. The highest BCUT2D eigenvalue weighted by Crippen LogP contribution is 2.27. The van der Waals surface area contributed by atoms with E-state index in [0.29, 0.717) is 18.5 Å². The van der Waals surface area contributed by atoms with Gasteiger partial charge in [-0.1, -0.05) is 30.3 Å². The largest absolute Gasteiger partial charge is 0.368 e. The molecule has 30 heavy (non-hydrogen) atoms.